The van der Waals surface area contributed by atoms with Crippen LogP contribution in [0.5, 0.6) is 0 Å². The van der Waals surface area contributed by atoms with Gasteiger partial charge >= 0.3 is 0 Å². The maximum absolute atomic E-state index is 13.0. The Bertz CT molecular complexity index is 1080. The molecule has 1 N–H and O–H groups in total. The number of halogens is 1. The van der Waals surface area contributed by atoms with Crippen molar-refractivity contribution in [1.82, 2.24) is 20.4 Å². The van der Waals surface area contributed by atoms with Gasteiger partial charge in [-0.25, -0.2) is 4.39 Å². The molecule has 1 aliphatic rings. The van der Waals surface area contributed by atoms with E-state index < -0.39 is 4.92 Å². The van der Waals surface area contributed by atoms with Crippen molar-refractivity contribution in [3.8, 4) is 11.4 Å². The summed E-state index contributed by atoms with van der Waals surface area (Å²) >= 11 is 0. The maximum atomic E-state index is 13.0. The number of aromatic nitrogens is 2. The van der Waals surface area contributed by atoms with Crippen LogP contribution in [0.4, 0.5) is 10.1 Å². The number of carbonyl (C=O) groups excluding carboxylic acids is 1. The summed E-state index contributed by atoms with van der Waals surface area (Å²) in [4.78, 5) is 29.2. The molecule has 0 radical (unpaired) electrons. The van der Waals surface area contributed by atoms with Gasteiger partial charge in [0, 0.05) is 42.4 Å². The van der Waals surface area contributed by atoms with Crippen LogP contribution in [0, 0.1) is 15.9 Å². The van der Waals surface area contributed by atoms with Gasteiger partial charge in [0.25, 0.3) is 11.6 Å². The number of hydrogen-bond donors (Lipinski definition) is 1. The minimum absolute atomic E-state index is 0.0337. The van der Waals surface area contributed by atoms with E-state index in [0.717, 1.165) is 25.9 Å². The fourth-order valence-electron chi connectivity index (χ4n) is 3.49. The molecule has 160 valence electrons. The lowest BCUT2D eigenvalue weighted by Crippen LogP contribution is -2.44. The van der Waals surface area contributed by atoms with E-state index in [1.165, 1.54) is 36.4 Å². The monoisotopic (exact) mass is 425 g/mol. The minimum Gasteiger partial charge on any atom is -0.349 e. The Kier molecular flexibility index (Phi) is 5.99. The van der Waals surface area contributed by atoms with Crippen molar-refractivity contribution in [3.05, 3.63) is 75.9 Å². The number of hydrogen-bond acceptors (Lipinski definition) is 7. The Hall–Kier alpha value is -3.66. The standard InChI is InChI=1S/C21H20FN5O4/c22-16-6-4-14(5-7-16)21(28)23-17-8-10-26(11-9-17)13-19-24-20(25-31-19)15-2-1-3-18(12-15)27(29)30/h1-7,12,17H,8-11,13H2,(H,23,28). The number of rotatable bonds is 6. The molecule has 4 rings (SSSR count). The topological polar surface area (TPSA) is 114 Å². The first-order valence-electron chi connectivity index (χ1n) is 9.84. The highest BCUT2D eigenvalue weighted by Gasteiger charge is 2.23. The largest absolute Gasteiger partial charge is 0.349 e. The zero-order chi connectivity index (χ0) is 21.8. The van der Waals surface area contributed by atoms with E-state index >= 15 is 0 Å². The number of nitrogens with one attached hydrogen (secondary N) is 1. The number of amides is 1. The Labute approximate surface area is 177 Å². The van der Waals surface area contributed by atoms with Gasteiger partial charge in [0.05, 0.1) is 11.5 Å². The fourth-order valence-corrected chi connectivity index (χ4v) is 3.49. The number of carbonyl (C=O) groups is 1. The SMILES string of the molecule is O=C(NC1CCN(Cc2nc(-c3cccc([N+](=O)[O-])c3)no2)CC1)c1ccc(F)cc1. The van der Waals surface area contributed by atoms with E-state index in [4.69, 9.17) is 4.52 Å². The summed E-state index contributed by atoms with van der Waals surface area (Å²) in [7, 11) is 0. The normalized spacial score (nSPS) is 15.0. The van der Waals surface area contributed by atoms with E-state index in [9.17, 15) is 19.3 Å². The third kappa shape index (κ3) is 5.10. The van der Waals surface area contributed by atoms with Crippen LogP contribution >= 0.6 is 0 Å². The lowest BCUT2D eigenvalue weighted by Gasteiger charge is -2.31. The van der Waals surface area contributed by atoms with Crippen LogP contribution in [0.25, 0.3) is 11.4 Å². The average molecular weight is 425 g/mol. The van der Waals surface area contributed by atoms with Gasteiger partial charge in [-0.05, 0) is 37.1 Å². The summed E-state index contributed by atoms with van der Waals surface area (Å²) < 4.78 is 18.3. The molecule has 1 saturated heterocycles. The molecule has 1 aliphatic heterocycles. The maximum Gasteiger partial charge on any atom is 0.270 e. The van der Waals surface area contributed by atoms with Crippen LogP contribution in [0.2, 0.25) is 0 Å². The van der Waals surface area contributed by atoms with E-state index in [1.807, 2.05) is 0 Å². The first kappa shape index (κ1) is 20.6. The average Bonchev–Trinajstić information content (AvgIpc) is 3.24. The van der Waals surface area contributed by atoms with Crippen molar-refractivity contribution in [2.75, 3.05) is 13.1 Å². The number of non-ortho nitro benzene ring substituents is 1. The smallest absolute Gasteiger partial charge is 0.270 e. The van der Waals surface area contributed by atoms with Crippen molar-refractivity contribution in [2.45, 2.75) is 25.4 Å². The van der Waals surface area contributed by atoms with Gasteiger partial charge in [-0.3, -0.25) is 19.8 Å². The summed E-state index contributed by atoms with van der Waals surface area (Å²) in [6.07, 6.45) is 1.53. The minimum atomic E-state index is -0.469. The highest BCUT2D eigenvalue weighted by Crippen LogP contribution is 2.22. The number of piperidine rings is 1. The van der Waals surface area contributed by atoms with Crippen LogP contribution in [-0.4, -0.2) is 45.0 Å². The quantitative estimate of drug-likeness (QED) is 0.476. The predicted molar refractivity (Wildman–Crippen MR) is 109 cm³/mol. The van der Waals surface area contributed by atoms with E-state index in [-0.39, 0.29) is 23.5 Å². The Morgan fingerprint density at radius 1 is 1.23 bits per heavy atom. The molecule has 1 aromatic heterocycles. The van der Waals surface area contributed by atoms with Gasteiger partial charge in [-0.1, -0.05) is 17.3 Å². The molecular formula is C21H20FN5O4. The third-order valence-corrected chi connectivity index (χ3v) is 5.17. The summed E-state index contributed by atoms with van der Waals surface area (Å²) in [5.41, 5.74) is 0.920. The molecule has 0 saturated carbocycles. The lowest BCUT2D eigenvalue weighted by atomic mass is 10.0. The highest BCUT2D eigenvalue weighted by atomic mass is 19.1. The number of nitro benzene ring substituents is 1. The summed E-state index contributed by atoms with van der Waals surface area (Å²) in [5.74, 6) is 0.145. The summed E-state index contributed by atoms with van der Waals surface area (Å²) in [6, 6.07) is 11.6. The molecule has 0 aliphatic carbocycles. The number of nitrogens with zero attached hydrogens (tertiary/aromatic N) is 4. The molecule has 31 heavy (non-hydrogen) atoms. The first-order valence-corrected chi connectivity index (χ1v) is 9.84. The van der Waals surface area contributed by atoms with Crippen molar-refractivity contribution in [3.63, 3.8) is 0 Å². The lowest BCUT2D eigenvalue weighted by molar-refractivity contribution is -0.384. The van der Waals surface area contributed by atoms with Crippen molar-refractivity contribution < 1.29 is 18.6 Å². The Balaban J connectivity index is 1.29. The Morgan fingerprint density at radius 2 is 1.97 bits per heavy atom. The third-order valence-electron chi connectivity index (χ3n) is 5.17. The predicted octanol–water partition coefficient (Wildman–Crippen LogP) is 3.18. The van der Waals surface area contributed by atoms with Crippen LogP contribution in [-0.2, 0) is 6.54 Å². The van der Waals surface area contributed by atoms with Crippen molar-refractivity contribution in [1.29, 1.82) is 0 Å². The van der Waals surface area contributed by atoms with Gasteiger partial charge in [-0.15, -0.1) is 0 Å². The molecule has 1 amide bonds. The van der Waals surface area contributed by atoms with Gasteiger partial charge in [0.2, 0.25) is 11.7 Å². The molecule has 1 fully saturated rings. The van der Waals surface area contributed by atoms with Crippen LogP contribution < -0.4 is 5.32 Å². The second-order valence-electron chi connectivity index (χ2n) is 7.35. The number of likely N-dealkylation sites (tertiary alicyclic amines) is 1. The van der Waals surface area contributed by atoms with Gasteiger partial charge in [0.15, 0.2) is 0 Å². The fraction of sp³-hybridized carbons (Fsp3) is 0.286. The molecule has 0 unspecified atom stereocenters. The molecule has 9 nitrogen and oxygen atoms in total. The van der Waals surface area contributed by atoms with Crippen molar-refractivity contribution >= 4 is 11.6 Å². The molecule has 0 atom stereocenters. The summed E-state index contributed by atoms with van der Waals surface area (Å²) in [6.45, 7) is 1.94. The molecule has 10 heteroatoms. The zero-order valence-electron chi connectivity index (χ0n) is 16.5. The Morgan fingerprint density at radius 3 is 2.68 bits per heavy atom. The first-order chi connectivity index (χ1) is 15.0. The molecule has 0 bridgehead atoms. The van der Waals surface area contributed by atoms with Gasteiger partial charge in [0.1, 0.15) is 5.82 Å². The number of benzene rings is 2. The van der Waals surface area contributed by atoms with Crippen LogP contribution in [0.1, 0.15) is 29.1 Å². The number of nitro groups is 1. The van der Waals surface area contributed by atoms with E-state index in [2.05, 4.69) is 20.4 Å². The zero-order valence-corrected chi connectivity index (χ0v) is 16.5. The second kappa shape index (κ2) is 9.00. The molecule has 0 spiro atoms. The van der Waals surface area contributed by atoms with E-state index in [0.29, 0.717) is 29.4 Å². The van der Waals surface area contributed by atoms with Gasteiger partial charge in [-0.2, -0.15) is 4.98 Å². The van der Waals surface area contributed by atoms with Crippen molar-refractivity contribution in [2.24, 2.45) is 0 Å². The highest BCUT2D eigenvalue weighted by molar-refractivity contribution is 5.94. The molecule has 3 aromatic rings. The second-order valence-corrected chi connectivity index (χ2v) is 7.35. The van der Waals surface area contributed by atoms with E-state index in [1.54, 1.807) is 12.1 Å². The van der Waals surface area contributed by atoms with Crippen LogP contribution in [0.3, 0.4) is 0 Å². The summed E-state index contributed by atoms with van der Waals surface area (Å²) in [5, 5.41) is 17.8. The molecule has 2 heterocycles. The molecule has 2 aromatic carbocycles. The van der Waals surface area contributed by atoms with Gasteiger partial charge < -0.3 is 9.84 Å². The molecular weight excluding hydrogens is 405 g/mol. The van der Waals surface area contributed by atoms with Crippen LogP contribution in [0.15, 0.2) is 53.1 Å².